The van der Waals surface area contributed by atoms with Crippen LogP contribution in [0, 0.1) is 0 Å². The number of hydrogen-bond acceptors (Lipinski definition) is 3. The highest BCUT2D eigenvalue weighted by Crippen LogP contribution is 2.22. The number of nitrogen functional groups attached to an aromatic ring is 1. The van der Waals surface area contributed by atoms with Gasteiger partial charge in [0.05, 0.1) is 0 Å². The highest BCUT2D eigenvalue weighted by Gasteiger charge is 2.16. The lowest BCUT2D eigenvalue weighted by Crippen LogP contribution is -2.09. The molecule has 0 radical (unpaired) electrons. The molecule has 0 amide bonds. The molecule has 3 N–H and O–H groups in total. The summed E-state index contributed by atoms with van der Waals surface area (Å²) in [5.74, 6) is -0.0402. The van der Waals surface area contributed by atoms with E-state index in [1.165, 1.54) is 12.1 Å². The Morgan fingerprint density at radius 1 is 1.06 bits per heavy atom. The van der Waals surface area contributed by atoms with Crippen LogP contribution in [0.5, 0.6) is 5.75 Å². The molecule has 0 fully saturated rings. The Kier molecular flexibility index (Phi) is 3.33. The molecule has 2 rings (SSSR count). The Morgan fingerprint density at radius 2 is 1.61 bits per heavy atom. The zero-order valence-electron chi connectivity index (χ0n) is 10.1. The van der Waals surface area contributed by atoms with Gasteiger partial charge in [0.25, 0.3) is 0 Å². The van der Waals surface area contributed by atoms with Gasteiger partial charge in [0.15, 0.2) is 5.78 Å². The van der Waals surface area contributed by atoms with E-state index in [2.05, 4.69) is 0 Å². The van der Waals surface area contributed by atoms with Crippen molar-refractivity contribution in [2.24, 2.45) is 0 Å². The van der Waals surface area contributed by atoms with E-state index in [0.717, 1.165) is 5.56 Å². The number of Topliss-reactive ketones (excluding diaryl/α,β-unsaturated/α-hetero) is 1. The lowest BCUT2D eigenvalue weighted by atomic mass is 9.92. The number of rotatable bonds is 3. The Labute approximate surface area is 106 Å². The molecule has 3 nitrogen and oxygen atoms in total. The summed E-state index contributed by atoms with van der Waals surface area (Å²) in [5, 5.41) is 9.20. The van der Waals surface area contributed by atoms with Crippen LogP contribution in [0.4, 0.5) is 5.69 Å². The van der Waals surface area contributed by atoms with Gasteiger partial charge in [-0.15, -0.1) is 0 Å². The molecular weight excluding hydrogens is 226 g/mol. The van der Waals surface area contributed by atoms with Crippen LogP contribution in [0.15, 0.2) is 48.5 Å². The van der Waals surface area contributed by atoms with Crippen LogP contribution < -0.4 is 5.73 Å². The zero-order valence-corrected chi connectivity index (χ0v) is 10.1. The van der Waals surface area contributed by atoms with Crippen molar-refractivity contribution in [3.63, 3.8) is 0 Å². The Bertz CT molecular complexity index is 544. The number of hydrogen-bond donors (Lipinski definition) is 2. The second kappa shape index (κ2) is 4.92. The Morgan fingerprint density at radius 3 is 2.17 bits per heavy atom. The van der Waals surface area contributed by atoms with Crippen LogP contribution >= 0.6 is 0 Å². The summed E-state index contributed by atoms with van der Waals surface area (Å²) in [6.07, 6.45) is 0. The number of anilines is 1. The van der Waals surface area contributed by atoms with Gasteiger partial charge in [-0.05, 0) is 42.0 Å². The first kappa shape index (κ1) is 12.2. The van der Waals surface area contributed by atoms with Crippen molar-refractivity contribution in [1.29, 1.82) is 0 Å². The maximum Gasteiger partial charge on any atom is 0.170 e. The molecule has 0 spiro atoms. The largest absolute Gasteiger partial charge is 0.508 e. The van der Waals surface area contributed by atoms with Gasteiger partial charge in [-0.2, -0.15) is 0 Å². The molecule has 1 atom stereocenters. The number of nitrogens with two attached hydrogens (primary N) is 1. The summed E-state index contributed by atoms with van der Waals surface area (Å²) in [6.45, 7) is 1.86. The van der Waals surface area contributed by atoms with E-state index in [-0.39, 0.29) is 17.5 Å². The summed E-state index contributed by atoms with van der Waals surface area (Å²) in [4.78, 5) is 12.2. The Balaban J connectivity index is 2.23. The smallest absolute Gasteiger partial charge is 0.170 e. The third-order valence-electron chi connectivity index (χ3n) is 2.98. The van der Waals surface area contributed by atoms with Gasteiger partial charge >= 0.3 is 0 Å². The number of phenols is 1. The van der Waals surface area contributed by atoms with Gasteiger partial charge < -0.3 is 10.8 Å². The van der Waals surface area contributed by atoms with Gasteiger partial charge in [0, 0.05) is 17.2 Å². The maximum atomic E-state index is 12.2. The lowest BCUT2D eigenvalue weighted by Gasteiger charge is -2.11. The number of carbonyl (C=O) groups excluding carboxylic acids is 1. The van der Waals surface area contributed by atoms with Gasteiger partial charge in [-0.1, -0.05) is 19.1 Å². The molecule has 0 saturated carbocycles. The van der Waals surface area contributed by atoms with Crippen LogP contribution in [-0.2, 0) is 0 Å². The van der Waals surface area contributed by atoms with E-state index in [1.54, 1.807) is 24.3 Å². The molecule has 3 heteroatoms. The number of aromatic hydroxyl groups is 1. The topological polar surface area (TPSA) is 63.3 Å². The minimum absolute atomic E-state index is 0.0276. The first-order chi connectivity index (χ1) is 8.58. The maximum absolute atomic E-state index is 12.2. The quantitative estimate of drug-likeness (QED) is 0.641. The normalized spacial score (nSPS) is 12.1. The summed E-state index contributed by atoms with van der Waals surface area (Å²) in [6, 6.07) is 13.6. The van der Waals surface area contributed by atoms with E-state index in [0.29, 0.717) is 11.3 Å². The molecule has 0 aliphatic carbocycles. The average molecular weight is 241 g/mol. The van der Waals surface area contributed by atoms with E-state index in [1.807, 2.05) is 19.1 Å². The summed E-state index contributed by atoms with van der Waals surface area (Å²) in [7, 11) is 0. The van der Waals surface area contributed by atoms with E-state index in [9.17, 15) is 9.90 Å². The first-order valence-electron chi connectivity index (χ1n) is 5.76. The average Bonchev–Trinajstić information content (AvgIpc) is 2.39. The molecule has 0 aromatic heterocycles. The molecule has 0 aliphatic heterocycles. The molecule has 0 heterocycles. The number of phenolic OH excluding ortho intramolecular Hbond substituents is 1. The third kappa shape index (κ3) is 2.51. The van der Waals surface area contributed by atoms with Crippen molar-refractivity contribution in [1.82, 2.24) is 0 Å². The molecule has 92 valence electrons. The fourth-order valence-corrected chi connectivity index (χ4v) is 1.81. The number of benzene rings is 2. The monoisotopic (exact) mass is 241 g/mol. The fourth-order valence-electron chi connectivity index (χ4n) is 1.81. The first-order valence-corrected chi connectivity index (χ1v) is 5.76. The van der Waals surface area contributed by atoms with Crippen LogP contribution in [0.25, 0.3) is 0 Å². The van der Waals surface area contributed by atoms with Crippen molar-refractivity contribution in [2.75, 3.05) is 5.73 Å². The molecule has 2 aromatic rings. The van der Waals surface area contributed by atoms with E-state index < -0.39 is 0 Å². The minimum atomic E-state index is -0.227. The van der Waals surface area contributed by atoms with Crippen molar-refractivity contribution >= 4 is 11.5 Å². The molecule has 0 aliphatic rings. The predicted octanol–water partition coefficient (Wildman–Crippen LogP) is 2.96. The molecule has 1 unspecified atom stereocenters. The standard InChI is InChI=1S/C15H15NO2/c1-10(11-2-6-13(16)7-3-11)15(18)12-4-8-14(17)9-5-12/h2-10,17H,16H2,1H3. The SMILES string of the molecule is CC(C(=O)c1ccc(O)cc1)c1ccc(N)cc1. The van der Waals surface area contributed by atoms with E-state index >= 15 is 0 Å². The fraction of sp³-hybridized carbons (Fsp3) is 0.133. The van der Waals surface area contributed by atoms with Crippen LogP contribution in [0.1, 0.15) is 28.8 Å². The third-order valence-corrected chi connectivity index (χ3v) is 2.98. The highest BCUT2D eigenvalue weighted by atomic mass is 16.3. The molecular formula is C15H15NO2. The van der Waals surface area contributed by atoms with Gasteiger partial charge in [0.2, 0.25) is 0 Å². The van der Waals surface area contributed by atoms with Crippen molar-refractivity contribution in [3.8, 4) is 5.75 Å². The van der Waals surface area contributed by atoms with Crippen LogP contribution in [0.3, 0.4) is 0 Å². The minimum Gasteiger partial charge on any atom is -0.508 e. The summed E-state index contributed by atoms with van der Waals surface area (Å²) >= 11 is 0. The highest BCUT2D eigenvalue weighted by molar-refractivity contribution is 6.00. The number of carbonyl (C=O) groups is 1. The van der Waals surface area contributed by atoms with Crippen LogP contribution in [0.2, 0.25) is 0 Å². The van der Waals surface area contributed by atoms with Gasteiger partial charge in [0.1, 0.15) is 5.75 Å². The molecule has 2 aromatic carbocycles. The molecule has 0 bridgehead atoms. The lowest BCUT2D eigenvalue weighted by molar-refractivity contribution is 0.0966. The van der Waals surface area contributed by atoms with Crippen molar-refractivity contribution < 1.29 is 9.90 Å². The molecule has 18 heavy (non-hydrogen) atoms. The van der Waals surface area contributed by atoms with Gasteiger partial charge in [-0.25, -0.2) is 0 Å². The summed E-state index contributed by atoms with van der Waals surface area (Å²) in [5.41, 5.74) is 7.83. The zero-order chi connectivity index (χ0) is 13.1. The second-order valence-corrected chi connectivity index (χ2v) is 4.30. The molecule has 0 saturated heterocycles. The van der Waals surface area contributed by atoms with Gasteiger partial charge in [-0.3, -0.25) is 4.79 Å². The number of ketones is 1. The van der Waals surface area contributed by atoms with Crippen molar-refractivity contribution in [2.45, 2.75) is 12.8 Å². The van der Waals surface area contributed by atoms with E-state index in [4.69, 9.17) is 5.73 Å². The van der Waals surface area contributed by atoms with Crippen LogP contribution in [-0.4, -0.2) is 10.9 Å². The second-order valence-electron chi connectivity index (χ2n) is 4.30. The Hall–Kier alpha value is -2.29. The van der Waals surface area contributed by atoms with Crippen molar-refractivity contribution in [3.05, 3.63) is 59.7 Å². The summed E-state index contributed by atoms with van der Waals surface area (Å²) < 4.78 is 0. The predicted molar refractivity (Wildman–Crippen MR) is 71.7 cm³/mol.